The SMILES string of the molecule is CCc1c(CS(=O)(=O)Cl)nnn1C. The maximum Gasteiger partial charge on any atom is 0.238 e. The molecule has 0 aliphatic carbocycles. The first kappa shape index (κ1) is 10.5. The van der Waals surface area contributed by atoms with E-state index in [-0.39, 0.29) is 5.75 Å². The first-order valence-corrected chi connectivity index (χ1v) is 6.21. The molecular formula is C6H10ClN3O2S. The van der Waals surface area contributed by atoms with Crippen LogP contribution in [0.2, 0.25) is 0 Å². The summed E-state index contributed by atoms with van der Waals surface area (Å²) < 4.78 is 23.1. The quantitative estimate of drug-likeness (QED) is 0.698. The Morgan fingerprint density at radius 2 is 2.15 bits per heavy atom. The Bertz CT molecular complexity index is 398. The van der Waals surface area contributed by atoms with Crippen molar-refractivity contribution >= 4 is 19.7 Å². The lowest BCUT2D eigenvalue weighted by Crippen LogP contribution is -2.02. The van der Waals surface area contributed by atoms with Crippen LogP contribution in [0.5, 0.6) is 0 Å². The van der Waals surface area contributed by atoms with Crippen LogP contribution in [0, 0.1) is 0 Å². The van der Waals surface area contributed by atoms with Crippen LogP contribution in [0.25, 0.3) is 0 Å². The van der Waals surface area contributed by atoms with Gasteiger partial charge in [0, 0.05) is 17.7 Å². The summed E-state index contributed by atoms with van der Waals surface area (Å²) in [6.45, 7) is 1.91. The molecule has 0 unspecified atom stereocenters. The fourth-order valence-corrected chi connectivity index (χ4v) is 1.99. The lowest BCUT2D eigenvalue weighted by atomic mass is 10.3. The molecule has 0 saturated carbocycles. The van der Waals surface area contributed by atoms with Crippen molar-refractivity contribution in [2.45, 2.75) is 19.1 Å². The van der Waals surface area contributed by atoms with Gasteiger partial charge in [0.1, 0.15) is 11.4 Å². The Labute approximate surface area is 81.1 Å². The van der Waals surface area contributed by atoms with Crippen molar-refractivity contribution in [1.82, 2.24) is 15.0 Å². The Morgan fingerprint density at radius 3 is 2.62 bits per heavy atom. The van der Waals surface area contributed by atoms with Gasteiger partial charge in [0.25, 0.3) is 0 Å². The van der Waals surface area contributed by atoms with E-state index in [0.29, 0.717) is 12.1 Å². The van der Waals surface area contributed by atoms with Gasteiger partial charge in [0.15, 0.2) is 0 Å². The molecule has 0 aromatic carbocycles. The van der Waals surface area contributed by atoms with Crippen molar-refractivity contribution in [2.24, 2.45) is 7.05 Å². The van der Waals surface area contributed by atoms with E-state index in [0.717, 1.165) is 5.69 Å². The Morgan fingerprint density at radius 1 is 1.54 bits per heavy atom. The van der Waals surface area contributed by atoms with Crippen molar-refractivity contribution in [3.63, 3.8) is 0 Å². The molecular weight excluding hydrogens is 214 g/mol. The molecule has 1 heterocycles. The van der Waals surface area contributed by atoms with Crippen LogP contribution in [0.3, 0.4) is 0 Å². The van der Waals surface area contributed by atoms with Gasteiger partial charge in [-0.25, -0.2) is 8.42 Å². The fraction of sp³-hybridized carbons (Fsp3) is 0.667. The molecule has 0 amide bonds. The smallest absolute Gasteiger partial charge is 0.238 e. The number of aryl methyl sites for hydroxylation is 1. The molecule has 0 fully saturated rings. The normalized spacial score (nSPS) is 11.9. The molecule has 5 nitrogen and oxygen atoms in total. The van der Waals surface area contributed by atoms with Crippen LogP contribution in [-0.2, 0) is 28.3 Å². The molecule has 74 valence electrons. The van der Waals surface area contributed by atoms with Gasteiger partial charge in [0.05, 0.1) is 5.69 Å². The van der Waals surface area contributed by atoms with E-state index in [1.807, 2.05) is 6.92 Å². The van der Waals surface area contributed by atoms with E-state index in [9.17, 15) is 8.42 Å². The van der Waals surface area contributed by atoms with Crippen LogP contribution < -0.4 is 0 Å². The predicted octanol–water partition coefficient (Wildman–Crippen LogP) is 0.446. The summed E-state index contributed by atoms with van der Waals surface area (Å²) in [7, 11) is 3.28. The third kappa shape index (κ3) is 2.67. The highest BCUT2D eigenvalue weighted by molar-refractivity contribution is 8.13. The lowest BCUT2D eigenvalue weighted by Gasteiger charge is -1.97. The standard InChI is InChI=1S/C6H10ClN3O2S/c1-3-6-5(4-13(7,11)12)8-9-10(6)2/h3-4H2,1-2H3. The minimum Gasteiger partial charge on any atom is -0.252 e. The van der Waals surface area contributed by atoms with Gasteiger partial charge in [-0.3, -0.25) is 4.68 Å². The summed E-state index contributed by atoms with van der Waals surface area (Å²) in [4.78, 5) is 0. The molecule has 0 atom stereocenters. The summed E-state index contributed by atoms with van der Waals surface area (Å²) in [5.41, 5.74) is 1.23. The van der Waals surface area contributed by atoms with Crippen LogP contribution in [0.4, 0.5) is 0 Å². The fourth-order valence-electron chi connectivity index (χ4n) is 1.13. The topological polar surface area (TPSA) is 64.8 Å². The average molecular weight is 224 g/mol. The van der Waals surface area contributed by atoms with E-state index >= 15 is 0 Å². The molecule has 0 aliphatic rings. The molecule has 0 spiro atoms. The highest BCUT2D eigenvalue weighted by atomic mass is 35.7. The third-order valence-corrected chi connectivity index (χ3v) is 2.61. The Balaban J connectivity index is 3.02. The number of nitrogens with zero attached hydrogens (tertiary/aromatic N) is 3. The molecule has 0 saturated heterocycles. The Hall–Kier alpha value is -0.620. The van der Waals surface area contributed by atoms with Gasteiger partial charge in [0.2, 0.25) is 9.05 Å². The van der Waals surface area contributed by atoms with Crippen molar-refractivity contribution in [1.29, 1.82) is 0 Å². The molecule has 0 N–H and O–H groups in total. The second-order valence-electron chi connectivity index (χ2n) is 2.64. The lowest BCUT2D eigenvalue weighted by molar-refractivity contribution is 0.608. The maximum absolute atomic E-state index is 10.8. The third-order valence-electron chi connectivity index (χ3n) is 1.67. The zero-order valence-corrected chi connectivity index (χ0v) is 8.93. The first-order valence-electron chi connectivity index (χ1n) is 3.73. The zero-order chi connectivity index (χ0) is 10.1. The van der Waals surface area contributed by atoms with Crippen molar-refractivity contribution in [2.75, 3.05) is 0 Å². The van der Waals surface area contributed by atoms with E-state index < -0.39 is 9.05 Å². The van der Waals surface area contributed by atoms with E-state index in [1.54, 1.807) is 11.7 Å². The highest BCUT2D eigenvalue weighted by Crippen LogP contribution is 2.11. The largest absolute Gasteiger partial charge is 0.252 e. The van der Waals surface area contributed by atoms with Crippen LogP contribution in [0.15, 0.2) is 0 Å². The Kier molecular flexibility index (Phi) is 2.92. The van der Waals surface area contributed by atoms with Crippen LogP contribution >= 0.6 is 10.7 Å². The molecule has 1 aromatic heterocycles. The molecule has 1 aromatic rings. The first-order chi connectivity index (χ1) is 5.94. The number of aromatic nitrogens is 3. The van der Waals surface area contributed by atoms with Crippen LogP contribution in [0.1, 0.15) is 18.3 Å². The van der Waals surface area contributed by atoms with Gasteiger partial charge in [-0.05, 0) is 6.42 Å². The second-order valence-corrected chi connectivity index (χ2v) is 5.42. The van der Waals surface area contributed by atoms with E-state index in [2.05, 4.69) is 10.3 Å². The highest BCUT2D eigenvalue weighted by Gasteiger charge is 2.15. The van der Waals surface area contributed by atoms with Crippen molar-refractivity contribution in [3.05, 3.63) is 11.4 Å². The van der Waals surface area contributed by atoms with Gasteiger partial charge >= 0.3 is 0 Å². The molecule has 0 bridgehead atoms. The van der Waals surface area contributed by atoms with Crippen LogP contribution in [-0.4, -0.2) is 23.4 Å². The monoisotopic (exact) mass is 223 g/mol. The number of halogens is 1. The van der Waals surface area contributed by atoms with Gasteiger partial charge in [-0.1, -0.05) is 12.1 Å². The van der Waals surface area contributed by atoms with E-state index in [4.69, 9.17) is 10.7 Å². The minimum absolute atomic E-state index is 0.258. The summed E-state index contributed by atoms with van der Waals surface area (Å²) in [6.07, 6.45) is 0.686. The summed E-state index contributed by atoms with van der Waals surface area (Å²) in [6, 6.07) is 0. The number of hydrogen-bond acceptors (Lipinski definition) is 4. The molecule has 0 radical (unpaired) electrons. The number of hydrogen-bond donors (Lipinski definition) is 0. The minimum atomic E-state index is -3.54. The summed E-state index contributed by atoms with van der Waals surface area (Å²) >= 11 is 0. The van der Waals surface area contributed by atoms with Gasteiger partial charge in [-0.2, -0.15) is 0 Å². The van der Waals surface area contributed by atoms with Gasteiger partial charge in [-0.15, -0.1) is 5.10 Å². The zero-order valence-electron chi connectivity index (χ0n) is 7.36. The molecule has 0 aliphatic heterocycles. The maximum atomic E-state index is 10.8. The summed E-state index contributed by atoms with van der Waals surface area (Å²) in [5.74, 6) is -0.258. The molecule has 13 heavy (non-hydrogen) atoms. The average Bonchev–Trinajstić information content (AvgIpc) is 2.28. The van der Waals surface area contributed by atoms with Crippen molar-refractivity contribution in [3.8, 4) is 0 Å². The molecule has 1 rings (SSSR count). The van der Waals surface area contributed by atoms with E-state index in [1.165, 1.54) is 0 Å². The molecule has 7 heteroatoms. The predicted molar refractivity (Wildman–Crippen MR) is 48.9 cm³/mol. The van der Waals surface area contributed by atoms with Gasteiger partial charge < -0.3 is 0 Å². The second kappa shape index (κ2) is 3.63. The van der Waals surface area contributed by atoms with Crippen molar-refractivity contribution < 1.29 is 8.42 Å². The summed E-state index contributed by atoms with van der Waals surface area (Å²) in [5, 5.41) is 7.44. The number of rotatable bonds is 3.